The number of hydrogen-bond donors (Lipinski definition) is 1. The molecule has 0 spiro atoms. The number of hydrogen-bond acceptors (Lipinski definition) is 2. The fraction of sp³-hybridized carbons (Fsp3) is 0.375. The summed E-state index contributed by atoms with van der Waals surface area (Å²) in [5, 5.41) is 8.43. The number of rotatable bonds is 1. The van der Waals surface area contributed by atoms with E-state index in [0.717, 1.165) is 4.90 Å². The van der Waals surface area contributed by atoms with Crippen LogP contribution in [0.1, 0.15) is 13.8 Å². The third-order valence-corrected chi connectivity index (χ3v) is 0.832. The molecule has 0 aromatic rings. The van der Waals surface area contributed by atoms with Crippen LogP contribution in [-0.2, 0) is 4.79 Å². The van der Waals surface area contributed by atoms with Gasteiger partial charge >= 0.3 is 0 Å². The summed E-state index contributed by atoms with van der Waals surface area (Å²) in [6.07, 6.45) is 0. The van der Waals surface area contributed by atoms with E-state index in [9.17, 15) is 4.79 Å². The Labute approximate surface area is 66.0 Å². The van der Waals surface area contributed by atoms with Crippen molar-refractivity contribution in [3.63, 3.8) is 0 Å². The van der Waals surface area contributed by atoms with E-state index in [1.807, 2.05) is 0 Å². The number of carbonyl (C=O) groups excluding carboxylic acids is 1. The summed E-state index contributed by atoms with van der Waals surface area (Å²) >= 11 is 0. The molecule has 3 nitrogen and oxygen atoms in total. The van der Waals surface area contributed by atoms with Crippen molar-refractivity contribution in [1.82, 2.24) is 4.90 Å². The van der Waals surface area contributed by atoms with E-state index in [1.165, 1.54) is 0 Å². The molecule has 0 aliphatic carbocycles. The SMILES string of the molecule is CC#CN(C#CC)C(=O)CO. The lowest BCUT2D eigenvalue weighted by Gasteiger charge is -2.02. The minimum Gasteiger partial charge on any atom is -0.386 e. The number of amides is 1. The number of carbonyl (C=O) groups is 1. The minimum atomic E-state index is -0.566. The summed E-state index contributed by atoms with van der Waals surface area (Å²) in [4.78, 5) is 11.7. The van der Waals surface area contributed by atoms with Crippen LogP contribution in [0, 0.1) is 23.9 Å². The monoisotopic (exact) mass is 151 g/mol. The van der Waals surface area contributed by atoms with Gasteiger partial charge in [-0.05, 0) is 13.8 Å². The zero-order chi connectivity index (χ0) is 8.69. The molecule has 0 aliphatic rings. The molecule has 0 aromatic heterocycles. The number of nitrogens with zero attached hydrogens (tertiary/aromatic N) is 1. The highest BCUT2D eigenvalue weighted by molar-refractivity contribution is 5.80. The number of aliphatic hydroxyl groups excluding tert-OH is 1. The summed E-state index contributed by atoms with van der Waals surface area (Å²) < 4.78 is 0. The first-order chi connectivity index (χ1) is 5.26. The van der Waals surface area contributed by atoms with Gasteiger partial charge in [0.15, 0.2) is 0 Å². The third-order valence-electron chi connectivity index (χ3n) is 0.832. The maximum absolute atomic E-state index is 10.8. The van der Waals surface area contributed by atoms with Crippen LogP contribution in [0.15, 0.2) is 0 Å². The third kappa shape index (κ3) is 3.30. The van der Waals surface area contributed by atoms with Gasteiger partial charge in [0.1, 0.15) is 6.61 Å². The van der Waals surface area contributed by atoms with E-state index in [0.29, 0.717) is 0 Å². The van der Waals surface area contributed by atoms with E-state index >= 15 is 0 Å². The lowest BCUT2D eigenvalue weighted by molar-refractivity contribution is -0.128. The molecular formula is C8H9NO2. The molecule has 0 heterocycles. The first kappa shape index (κ1) is 9.55. The molecule has 0 fully saturated rings. The van der Waals surface area contributed by atoms with Gasteiger partial charge in [0, 0.05) is 12.1 Å². The van der Waals surface area contributed by atoms with Crippen LogP contribution in [0.5, 0.6) is 0 Å². The van der Waals surface area contributed by atoms with Crippen molar-refractivity contribution in [2.45, 2.75) is 13.8 Å². The van der Waals surface area contributed by atoms with Crippen molar-refractivity contribution >= 4 is 5.91 Å². The van der Waals surface area contributed by atoms with Crippen LogP contribution >= 0.6 is 0 Å². The first-order valence-corrected chi connectivity index (χ1v) is 3.04. The van der Waals surface area contributed by atoms with Crippen molar-refractivity contribution in [2.75, 3.05) is 6.61 Å². The average molecular weight is 151 g/mol. The molecule has 0 unspecified atom stereocenters. The van der Waals surface area contributed by atoms with Gasteiger partial charge in [-0.1, -0.05) is 11.8 Å². The van der Waals surface area contributed by atoms with Crippen molar-refractivity contribution in [1.29, 1.82) is 0 Å². The van der Waals surface area contributed by atoms with Gasteiger partial charge in [-0.25, -0.2) is 0 Å². The molecule has 1 amide bonds. The Bertz CT molecular complexity index is 229. The van der Waals surface area contributed by atoms with E-state index < -0.39 is 12.5 Å². The predicted molar refractivity (Wildman–Crippen MR) is 40.8 cm³/mol. The van der Waals surface area contributed by atoms with Gasteiger partial charge in [-0.15, -0.1) is 0 Å². The lowest BCUT2D eigenvalue weighted by atomic mass is 10.5. The Balaban J connectivity index is 4.38. The van der Waals surface area contributed by atoms with Crippen LogP contribution in [0.3, 0.4) is 0 Å². The highest BCUT2D eigenvalue weighted by Gasteiger charge is 2.04. The van der Waals surface area contributed by atoms with E-state index in [4.69, 9.17) is 5.11 Å². The maximum Gasteiger partial charge on any atom is 0.271 e. The van der Waals surface area contributed by atoms with Gasteiger partial charge in [0.05, 0.1) is 0 Å². The standard InChI is InChI=1S/C8H9NO2/c1-3-5-9(6-4-2)8(11)7-10/h10H,7H2,1-2H3. The van der Waals surface area contributed by atoms with Crippen LogP contribution in [0.25, 0.3) is 0 Å². The molecule has 0 atom stereocenters. The first-order valence-electron chi connectivity index (χ1n) is 3.04. The fourth-order valence-electron chi connectivity index (χ4n) is 0.447. The molecule has 1 N–H and O–H groups in total. The highest BCUT2D eigenvalue weighted by atomic mass is 16.3. The zero-order valence-corrected chi connectivity index (χ0v) is 6.51. The van der Waals surface area contributed by atoms with Gasteiger partial charge < -0.3 is 5.11 Å². The molecule has 0 aliphatic heterocycles. The maximum atomic E-state index is 10.8. The molecule has 0 radical (unpaired) electrons. The van der Waals surface area contributed by atoms with Crippen LogP contribution in [0.2, 0.25) is 0 Å². The predicted octanol–water partition coefficient (Wildman–Crippen LogP) is -0.231. The molecule has 0 saturated carbocycles. The van der Waals surface area contributed by atoms with Crippen molar-refractivity contribution in [2.24, 2.45) is 0 Å². The summed E-state index contributed by atoms with van der Waals surface area (Å²) in [7, 11) is 0. The Morgan fingerprint density at radius 2 is 1.82 bits per heavy atom. The molecule has 3 heteroatoms. The lowest BCUT2D eigenvalue weighted by Crippen LogP contribution is -2.23. The van der Waals surface area contributed by atoms with Crippen LogP contribution in [0.4, 0.5) is 0 Å². The molecular weight excluding hydrogens is 142 g/mol. The summed E-state index contributed by atoms with van der Waals surface area (Å²) in [5.74, 6) is 4.51. The van der Waals surface area contributed by atoms with E-state index in [1.54, 1.807) is 13.8 Å². The topological polar surface area (TPSA) is 40.5 Å². The van der Waals surface area contributed by atoms with Crippen molar-refractivity contribution < 1.29 is 9.90 Å². The fourth-order valence-corrected chi connectivity index (χ4v) is 0.447. The quantitative estimate of drug-likeness (QED) is 0.415. The van der Waals surface area contributed by atoms with Gasteiger partial charge in [-0.3, -0.25) is 4.79 Å². The van der Waals surface area contributed by atoms with Gasteiger partial charge in [-0.2, -0.15) is 4.90 Å². The second kappa shape index (κ2) is 5.34. The van der Waals surface area contributed by atoms with E-state index in [2.05, 4.69) is 23.9 Å². The molecule has 11 heavy (non-hydrogen) atoms. The Morgan fingerprint density at radius 1 is 1.36 bits per heavy atom. The normalized spacial score (nSPS) is 6.82. The minimum absolute atomic E-state index is 0.506. The highest BCUT2D eigenvalue weighted by Crippen LogP contribution is 1.82. The summed E-state index contributed by atoms with van der Waals surface area (Å²) in [6.45, 7) is 2.62. The Kier molecular flexibility index (Phi) is 4.64. The largest absolute Gasteiger partial charge is 0.386 e. The molecule has 0 bridgehead atoms. The average Bonchev–Trinajstić information content (AvgIpc) is 2.03. The Morgan fingerprint density at radius 3 is 2.09 bits per heavy atom. The molecule has 0 rings (SSSR count). The molecule has 0 saturated heterocycles. The summed E-state index contributed by atoms with van der Waals surface area (Å²) in [6, 6.07) is 4.87. The van der Waals surface area contributed by atoms with Crippen LogP contribution in [-0.4, -0.2) is 22.5 Å². The summed E-state index contributed by atoms with van der Waals surface area (Å²) in [5.41, 5.74) is 0. The van der Waals surface area contributed by atoms with Crippen LogP contribution < -0.4 is 0 Å². The second-order valence-corrected chi connectivity index (χ2v) is 1.61. The van der Waals surface area contributed by atoms with Crippen molar-refractivity contribution in [3.8, 4) is 23.9 Å². The number of aliphatic hydroxyl groups is 1. The molecule has 0 aromatic carbocycles. The van der Waals surface area contributed by atoms with Crippen molar-refractivity contribution in [3.05, 3.63) is 0 Å². The Hall–Kier alpha value is -1.45. The smallest absolute Gasteiger partial charge is 0.271 e. The zero-order valence-electron chi connectivity index (χ0n) is 6.51. The van der Waals surface area contributed by atoms with Gasteiger partial charge in [0.25, 0.3) is 5.91 Å². The van der Waals surface area contributed by atoms with Gasteiger partial charge in [0.2, 0.25) is 0 Å². The second-order valence-electron chi connectivity index (χ2n) is 1.61. The van der Waals surface area contributed by atoms with E-state index in [-0.39, 0.29) is 0 Å². The molecule has 58 valence electrons.